The van der Waals surface area contributed by atoms with Crippen LogP contribution >= 0.6 is 11.6 Å². The number of halogens is 1. The smallest absolute Gasteiger partial charge is 0.220 e. The minimum atomic E-state index is -0.00445. The number of amides is 1. The molecule has 0 spiro atoms. The Morgan fingerprint density at radius 2 is 2.20 bits per heavy atom. The molecule has 1 N–H and O–H groups in total. The van der Waals surface area contributed by atoms with Crippen LogP contribution in [0.15, 0.2) is 12.1 Å². The molecule has 0 heterocycles. The minimum absolute atomic E-state index is 0.00445. The van der Waals surface area contributed by atoms with E-state index in [4.69, 9.17) is 27.5 Å². The lowest BCUT2D eigenvalue weighted by Crippen LogP contribution is -2.22. The highest BCUT2D eigenvalue weighted by Crippen LogP contribution is 2.33. The van der Waals surface area contributed by atoms with Crippen molar-refractivity contribution < 1.29 is 14.3 Å². The second-order valence-electron chi connectivity index (χ2n) is 4.04. The van der Waals surface area contributed by atoms with E-state index in [-0.39, 0.29) is 12.5 Å². The van der Waals surface area contributed by atoms with Crippen LogP contribution in [0.5, 0.6) is 11.5 Å². The maximum absolute atomic E-state index is 11.5. The van der Waals surface area contributed by atoms with Crippen LogP contribution in [0.1, 0.15) is 18.9 Å². The molecule has 0 unspecified atom stereocenters. The number of hydrogen-bond acceptors (Lipinski definition) is 3. The number of hydrogen-bond donors (Lipinski definition) is 1. The Hall–Kier alpha value is -1.86. The number of rotatable bonds is 7. The Bertz CT molecular complexity index is 509. The number of benzene rings is 1. The van der Waals surface area contributed by atoms with Gasteiger partial charge in [-0.05, 0) is 25.0 Å². The van der Waals surface area contributed by atoms with Crippen LogP contribution < -0.4 is 14.8 Å². The van der Waals surface area contributed by atoms with Gasteiger partial charge in [-0.2, -0.15) is 0 Å². The van der Waals surface area contributed by atoms with Crippen molar-refractivity contribution >= 4 is 17.5 Å². The van der Waals surface area contributed by atoms with E-state index < -0.39 is 0 Å². The van der Waals surface area contributed by atoms with Gasteiger partial charge in [0, 0.05) is 24.1 Å². The van der Waals surface area contributed by atoms with Crippen LogP contribution in [-0.4, -0.2) is 26.2 Å². The summed E-state index contributed by atoms with van der Waals surface area (Å²) >= 11 is 6.18. The van der Waals surface area contributed by atoms with Crippen LogP contribution in [0.2, 0.25) is 5.02 Å². The summed E-state index contributed by atoms with van der Waals surface area (Å²) in [5.74, 6) is 3.43. The summed E-state index contributed by atoms with van der Waals surface area (Å²) in [4.78, 5) is 11.5. The van der Waals surface area contributed by atoms with Crippen molar-refractivity contribution in [2.75, 3.05) is 20.3 Å². The van der Waals surface area contributed by atoms with E-state index in [0.29, 0.717) is 35.9 Å². The Morgan fingerprint density at radius 3 is 2.80 bits per heavy atom. The predicted octanol–water partition coefficient (Wildman–Crippen LogP) is 2.43. The fourth-order valence-electron chi connectivity index (χ4n) is 1.69. The van der Waals surface area contributed by atoms with Gasteiger partial charge >= 0.3 is 0 Å². The molecule has 0 saturated heterocycles. The molecule has 0 aliphatic carbocycles. The number of carbonyl (C=O) groups excluding carboxylic acids is 1. The minimum Gasteiger partial charge on any atom is -0.493 e. The highest BCUT2D eigenvalue weighted by molar-refractivity contribution is 6.31. The van der Waals surface area contributed by atoms with E-state index in [0.717, 1.165) is 5.56 Å². The van der Waals surface area contributed by atoms with E-state index in [1.807, 2.05) is 6.92 Å². The van der Waals surface area contributed by atoms with E-state index in [9.17, 15) is 4.79 Å². The molecule has 0 saturated carbocycles. The van der Waals surface area contributed by atoms with Gasteiger partial charge in [-0.3, -0.25) is 4.79 Å². The number of nitrogens with one attached hydrogen (secondary N) is 1. The third-order valence-corrected chi connectivity index (χ3v) is 2.99. The highest BCUT2D eigenvalue weighted by atomic mass is 35.5. The maximum atomic E-state index is 11.5. The Balaban J connectivity index is 2.82. The zero-order valence-electron chi connectivity index (χ0n) is 11.7. The summed E-state index contributed by atoms with van der Waals surface area (Å²) in [5.41, 5.74) is 0.836. The van der Waals surface area contributed by atoms with Crippen molar-refractivity contribution in [1.82, 2.24) is 5.32 Å². The standard InChI is InChI=1S/C15H18ClNO3/c1-4-8-20-14-10-12(16)11(9-13(14)19-3)6-7-15(18)17-5-2/h1,9-10H,5-8H2,2-3H3,(H,17,18). The van der Waals surface area contributed by atoms with Crippen LogP contribution in [0, 0.1) is 12.3 Å². The van der Waals surface area contributed by atoms with Gasteiger partial charge in [-0.1, -0.05) is 17.5 Å². The predicted molar refractivity (Wildman–Crippen MR) is 79.3 cm³/mol. The van der Waals surface area contributed by atoms with Crippen molar-refractivity contribution in [3.05, 3.63) is 22.7 Å². The molecular formula is C15H18ClNO3. The van der Waals surface area contributed by atoms with Gasteiger partial charge in [-0.25, -0.2) is 0 Å². The molecule has 4 nitrogen and oxygen atoms in total. The molecule has 1 rings (SSSR count). The summed E-state index contributed by atoms with van der Waals surface area (Å²) in [6, 6.07) is 3.43. The second-order valence-corrected chi connectivity index (χ2v) is 4.45. The van der Waals surface area contributed by atoms with Gasteiger partial charge in [0.05, 0.1) is 7.11 Å². The van der Waals surface area contributed by atoms with E-state index in [1.165, 1.54) is 0 Å². The Kier molecular flexibility index (Phi) is 6.75. The van der Waals surface area contributed by atoms with Crippen molar-refractivity contribution in [2.24, 2.45) is 0 Å². The van der Waals surface area contributed by atoms with Crippen LogP contribution in [0.25, 0.3) is 0 Å². The molecule has 1 amide bonds. The van der Waals surface area contributed by atoms with E-state index in [2.05, 4.69) is 11.2 Å². The average Bonchev–Trinajstić information content (AvgIpc) is 2.44. The van der Waals surface area contributed by atoms with Gasteiger partial charge in [0.25, 0.3) is 0 Å². The first-order valence-corrected chi connectivity index (χ1v) is 6.69. The van der Waals surface area contributed by atoms with Gasteiger partial charge in [0.2, 0.25) is 5.91 Å². The van der Waals surface area contributed by atoms with Gasteiger partial charge in [0.1, 0.15) is 6.61 Å². The Labute approximate surface area is 124 Å². The maximum Gasteiger partial charge on any atom is 0.220 e. The van der Waals surface area contributed by atoms with Crippen molar-refractivity contribution in [3.63, 3.8) is 0 Å². The molecule has 0 atom stereocenters. The summed E-state index contributed by atoms with van der Waals surface area (Å²) in [7, 11) is 1.54. The van der Waals surface area contributed by atoms with Crippen LogP contribution in [-0.2, 0) is 11.2 Å². The third-order valence-electron chi connectivity index (χ3n) is 2.64. The van der Waals surface area contributed by atoms with Crippen molar-refractivity contribution in [1.29, 1.82) is 0 Å². The number of carbonyl (C=O) groups is 1. The van der Waals surface area contributed by atoms with Gasteiger partial charge in [-0.15, -0.1) is 6.42 Å². The van der Waals surface area contributed by atoms with E-state index in [1.54, 1.807) is 19.2 Å². The molecule has 0 fully saturated rings. The summed E-state index contributed by atoms with van der Waals surface area (Å²) < 4.78 is 10.6. The Morgan fingerprint density at radius 1 is 1.45 bits per heavy atom. The third kappa shape index (κ3) is 4.67. The topological polar surface area (TPSA) is 47.6 Å². The van der Waals surface area contributed by atoms with Gasteiger partial charge < -0.3 is 14.8 Å². The first-order chi connectivity index (χ1) is 9.62. The van der Waals surface area contributed by atoms with Crippen molar-refractivity contribution in [2.45, 2.75) is 19.8 Å². The first kappa shape index (κ1) is 16.2. The summed E-state index contributed by atoms with van der Waals surface area (Å²) in [5, 5.41) is 3.27. The molecule has 0 aromatic heterocycles. The quantitative estimate of drug-likeness (QED) is 0.786. The molecule has 0 radical (unpaired) electrons. The fourth-order valence-corrected chi connectivity index (χ4v) is 1.94. The van der Waals surface area contributed by atoms with Crippen LogP contribution in [0.3, 0.4) is 0 Å². The fraction of sp³-hybridized carbons (Fsp3) is 0.400. The summed E-state index contributed by atoms with van der Waals surface area (Å²) in [6.45, 7) is 2.64. The van der Waals surface area contributed by atoms with Crippen LogP contribution in [0.4, 0.5) is 0 Å². The number of aryl methyl sites for hydroxylation is 1. The lowest BCUT2D eigenvalue weighted by Gasteiger charge is -2.12. The average molecular weight is 296 g/mol. The van der Waals surface area contributed by atoms with E-state index >= 15 is 0 Å². The highest BCUT2D eigenvalue weighted by Gasteiger charge is 2.11. The number of ether oxygens (including phenoxy) is 2. The molecular weight excluding hydrogens is 278 g/mol. The zero-order chi connectivity index (χ0) is 15.0. The number of terminal acetylenes is 1. The molecule has 5 heteroatoms. The SMILES string of the molecule is C#CCOc1cc(Cl)c(CCC(=O)NCC)cc1OC. The van der Waals surface area contributed by atoms with Gasteiger partial charge in [0.15, 0.2) is 11.5 Å². The molecule has 20 heavy (non-hydrogen) atoms. The lowest BCUT2D eigenvalue weighted by atomic mass is 10.1. The molecule has 0 aliphatic heterocycles. The molecule has 108 valence electrons. The largest absolute Gasteiger partial charge is 0.493 e. The first-order valence-electron chi connectivity index (χ1n) is 6.31. The molecule has 0 bridgehead atoms. The zero-order valence-corrected chi connectivity index (χ0v) is 12.4. The molecule has 1 aromatic carbocycles. The molecule has 0 aliphatic rings. The number of methoxy groups -OCH3 is 1. The monoisotopic (exact) mass is 295 g/mol. The normalized spacial score (nSPS) is 9.70. The van der Waals surface area contributed by atoms with Crippen molar-refractivity contribution in [3.8, 4) is 23.8 Å². The molecule has 1 aromatic rings. The second kappa shape index (κ2) is 8.34. The lowest BCUT2D eigenvalue weighted by molar-refractivity contribution is -0.120. The summed E-state index contributed by atoms with van der Waals surface area (Å²) in [6.07, 6.45) is 6.07.